The van der Waals surface area contributed by atoms with Gasteiger partial charge in [-0.1, -0.05) is 39.8 Å². The number of carbonyl (C=O) groups is 1. The van der Waals surface area contributed by atoms with E-state index in [2.05, 4.69) is 24.1 Å². The SMILES string of the molecule is CCN(CC)S(=O)(=O)c1ccc2c(c1)nc(CCC(=O)Nc1ccc(C(C)C)cc1)n2CC. The van der Waals surface area contributed by atoms with E-state index in [4.69, 9.17) is 0 Å². The predicted molar refractivity (Wildman–Crippen MR) is 133 cm³/mol. The molecule has 0 bridgehead atoms. The summed E-state index contributed by atoms with van der Waals surface area (Å²) in [6.45, 7) is 11.5. The number of nitrogens with zero attached hydrogens (tertiary/aromatic N) is 3. The lowest BCUT2D eigenvalue weighted by atomic mass is 10.0. The maximum absolute atomic E-state index is 12.9. The smallest absolute Gasteiger partial charge is 0.243 e. The topological polar surface area (TPSA) is 84.3 Å². The van der Waals surface area contributed by atoms with Crippen LogP contribution in [0.3, 0.4) is 0 Å². The molecule has 7 nitrogen and oxygen atoms in total. The number of nitrogens with one attached hydrogen (secondary N) is 1. The lowest BCUT2D eigenvalue weighted by Gasteiger charge is -2.18. The Balaban J connectivity index is 1.77. The highest BCUT2D eigenvalue weighted by molar-refractivity contribution is 7.89. The summed E-state index contributed by atoms with van der Waals surface area (Å²) in [7, 11) is -3.55. The average molecular weight is 471 g/mol. The van der Waals surface area contributed by atoms with Gasteiger partial charge >= 0.3 is 0 Å². The van der Waals surface area contributed by atoms with Gasteiger partial charge in [0.15, 0.2) is 0 Å². The molecule has 0 fully saturated rings. The molecule has 0 aliphatic rings. The highest BCUT2D eigenvalue weighted by Gasteiger charge is 2.23. The summed E-state index contributed by atoms with van der Waals surface area (Å²) in [6, 6.07) is 13.0. The van der Waals surface area contributed by atoms with Crippen LogP contribution < -0.4 is 5.32 Å². The Hall–Kier alpha value is -2.71. The van der Waals surface area contributed by atoms with E-state index in [1.165, 1.54) is 9.87 Å². The second-order valence-electron chi connectivity index (χ2n) is 8.34. The van der Waals surface area contributed by atoms with Crippen molar-refractivity contribution in [2.75, 3.05) is 18.4 Å². The van der Waals surface area contributed by atoms with Gasteiger partial charge < -0.3 is 9.88 Å². The number of rotatable bonds is 10. The van der Waals surface area contributed by atoms with Gasteiger partial charge in [-0.25, -0.2) is 13.4 Å². The van der Waals surface area contributed by atoms with E-state index in [1.807, 2.05) is 55.7 Å². The van der Waals surface area contributed by atoms with Crippen LogP contribution in [-0.2, 0) is 27.8 Å². The van der Waals surface area contributed by atoms with Crippen LogP contribution in [0.1, 0.15) is 58.3 Å². The van der Waals surface area contributed by atoms with Gasteiger partial charge in [0.1, 0.15) is 5.82 Å². The molecule has 0 spiro atoms. The standard InChI is InChI=1S/C25H34N4O3S/c1-6-28(7-2)33(31,32)21-13-14-23-22(17-21)27-24(29(23)8-3)15-16-25(30)26-20-11-9-19(10-12-20)18(4)5/h9-14,17-18H,6-8,15-16H2,1-5H3,(H,26,30). The Morgan fingerprint density at radius 2 is 1.73 bits per heavy atom. The molecule has 0 aliphatic heterocycles. The van der Waals surface area contributed by atoms with Crippen molar-refractivity contribution in [2.24, 2.45) is 0 Å². The molecule has 0 unspecified atom stereocenters. The van der Waals surface area contributed by atoms with Crippen LogP contribution in [0, 0.1) is 0 Å². The van der Waals surface area contributed by atoms with Crippen molar-refractivity contribution in [3.8, 4) is 0 Å². The van der Waals surface area contributed by atoms with Gasteiger partial charge in [0.05, 0.1) is 15.9 Å². The molecule has 33 heavy (non-hydrogen) atoms. The third kappa shape index (κ3) is 5.45. The second-order valence-corrected chi connectivity index (χ2v) is 10.3. The lowest BCUT2D eigenvalue weighted by Crippen LogP contribution is -2.30. The fourth-order valence-electron chi connectivity index (χ4n) is 3.98. The fraction of sp³-hybridized carbons (Fsp3) is 0.440. The minimum atomic E-state index is -3.55. The molecule has 3 aromatic rings. The number of anilines is 1. The molecule has 8 heteroatoms. The van der Waals surface area contributed by atoms with Crippen LogP contribution in [0.5, 0.6) is 0 Å². The minimum Gasteiger partial charge on any atom is -0.328 e. The van der Waals surface area contributed by atoms with Crippen molar-refractivity contribution in [1.29, 1.82) is 0 Å². The Kier molecular flexibility index (Phi) is 7.92. The van der Waals surface area contributed by atoms with Gasteiger partial charge in [0, 0.05) is 38.2 Å². The number of sulfonamides is 1. The quantitative estimate of drug-likeness (QED) is 0.462. The minimum absolute atomic E-state index is 0.0770. The van der Waals surface area contributed by atoms with Crippen molar-refractivity contribution < 1.29 is 13.2 Å². The molecule has 1 amide bonds. The van der Waals surface area contributed by atoms with Crippen molar-refractivity contribution in [3.63, 3.8) is 0 Å². The van der Waals surface area contributed by atoms with Gasteiger partial charge in [0.2, 0.25) is 15.9 Å². The van der Waals surface area contributed by atoms with Gasteiger partial charge in [-0.2, -0.15) is 4.31 Å². The molecule has 0 saturated heterocycles. The van der Waals surface area contributed by atoms with E-state index in [0.29, 0.717) is 43.9 Å². The van der Waals surface area contributed by atoms with Crippen molar-refractivity contribution in [1.82, 2.24) is 13.9 Å². The van der Waals surface area contributed by atoms with Crippen molar-refractivity contribution in [2.45, 2.75) is 64.8 Å². The van der Waals surface area contributed by atoms with E-state index in [0.717, 1.165) is 17.0 Å². The number of hydrogen-bond acceptors (Lipinski definition) is 4. The first-order valence-corrected chi connectivity index (χ1v) is 13.0. The van der Waals surface area contributed by atoms with Gasteiger partial charge in [-0.3, -0.25) is 4.79 Å². The van der Waals surface area contributed by atoms with E-state index in [1.54, 1.807) is 12.1 Å². The molecule has 1 aromatic heterocycles. The first-order chi connectivity index (χ1) is 15.7. The third-order valence-electron chi connectivity index (χ3n) is 5.89. The number of benzene rings is 2. The molecular weight excluding hydrogens is 436 g/mol. The Bertz CT molecular complexity index is 1210. The summed E-state index contributed by atoms with van der Waals surface area (Å²) >= 11 is 0. The molecule has 2 aromatic carbocycles. The molecule has 1 N–H and O–H groups in total. The largest absolute Gasteiger partial charge is 0.328 e. The Labute approximate surface area is 196 Å². The van der Waals surface area contributed by atoms with Crippen LogP contribution in [0.15, 0.2) is 47.4 Å². The summed E-state index contributed by atoms with van der Waals surface area (Å²) in [5.41, 5.74) is 3.51. The highest BCUT2D eigenvalue weighted by atomic mass is 32.2. The van der Waals surface area contributed by atoms with E-state index < -0.39 is 10.0 Å². The van der Waals surface area contributed by atoms with Crippen LogP contribution >= 0.6 is 0 Å². The van der Waals surface area contributed by atoms with Crippen LogP contribution in [0.25, 0.3) is 11.0 Å². The number of aromatic nitrogens is 2. The molecular formula is C25H34N4O3S. The van der Waals surface area contributed by atoms with Crippen molar-refractivity contribution >= 4 is 32.7 Å². The summed E-state index contributed by atoms with van der Waals surface area (Å²) in [5, 5.41) is 2.94. The Morgan fingerprint density at radius 3 is 2.30 bits per heavy atom. The van der Waals surface area contributed by atoms with Gasteiger partial charge in [-0.05, 0) is 48.7 Å². The molecule has 3 rings (SSSR count). The molecule has 0 aliphatic carbocycles. The summed E-state index contributed by atoms with van der Waals surface area (Å²) in [6.07, 6.45) is 0.760. The molecule has 0 radical (unpaired) electrons. The summed E-state index contributed by atoms with van der Waals surface area (Å²) in [5.74, 6) is 1.14. The van der Waals surface area contributed by atoms with E-state index in [-0.39, 0.29) is 10.8 Å². The zero-order valence-corrected chi connectivity index (χ0v) is 20.9. The van der Waals surface area contributed by atoms with Gasteiger partial charge in [0.25, 0.3) is 0 Å². The normalized spacial score (nSPS) is 12.1. The number of carbonyl (C=O) groups excluding carboxylic acids is 1. The third-order valence-corrected chi connectivity index (χ3v) is 7.94. The summed E-state index contributed by atoms with van der Waals surface area (Å²) in [4.78, 5) is 17.4. The molecule has 0 atom stereocenters. The highest BCUT2D eigenvalue weighted by Crippen LogP contribution is 2.24. The number of aryl methyl sites for hydroxylation is 2. The number of imidazole rings is 1. The number of hydrogen-bond donors (Lipinski definition) is 1. The maximum Gasteiger partial charge on any atom is 0.243 e. The van der Waals surface area contributed by atoms with Crippen LogP contribution in [0.4, 0.5) is 5.69 Å². The zero-order valence-electron chi connectivity index (χ0n) is 20.1. The van der Waals surface area contributed by atoms with Crippen LogP contribution in [-0.4, -0.2) is 41.3 Å². The number of fused-ring (bicyclic) bond motifs is 1. The average Bonchev–Trinajstić information content (AvgIpc) is 3.15. The van der Waals surface area contributed by atoms with Gasteiger partial charge in [-0.15, -0.1) is 0 Å². The first-order valence-electron chi connectivity index (χ1n) is 11.6. The molecule has 0 saturated carbocycles. The van der Waals surface area contributed by atoms with E-state index >= 15 is 0 Å². The van der Waals surface area contributed by atoms with Crippen molar-refractivity contribution in [3.05, 3.63) is 53.9 Å². The number of amides is 1. The zero-order chi connectivity index (χ0) is 24.2. The summed E-state index contributed by atoms with van der Waals surface area (Å²) < 4.78 is 29.2. The predicted octanol–water partition coefficient (Wildman–Crippen LogP) is 4.78. The van der Waals surface area contributed by atoms with Crippen LogP contribution in [0.2, 0.25) is 0 Å². The maximum atomic E-state index is 12.9. The van der Waals surface area contributed by atoms with E-state index in [9.17, 15) is 13.2 Å². The fourth-order valence-corrected chi connectivity index (χ4v) is 5.45. The monoisotopic (exact) mass is 470 g/mol. The Morgan fingerprint density at radius 1 is 1.06 bits per heavy atom. The lowest BCUT2D eigenvalue weighted by molar-refractivity contribution is -0.116. The molecule has 178 valence electrons. The second kappa shape index (κ2) is 10.5. The first kappa shape index (κ1) is 24.9. The molecule has 1 heterocycles.